The van der Waals surface area contributed by atoms with Crippen molar-refractivity contribution in [2.75, 3.05) is 36.0 Å². The van der Waals surface area contributed by atoms with E-state index in [2.05, 4.69) is 36.2 Å². The summed E-state index contributed by atoms with van der Waals surface area (Å²) >= 11 is 1.57. The molecular weight excluding hydrogens is 399 g/mol. The van der Waals surface area contributed by atoms with Crippen LogP contribution < -0.4 is 9.80 Å². The fourth-order valence-corrected chi connectivity index (χ4v) is 4.66. The first-order chi connectivity index (χ1) is 14.7. The highest BCUT2D eigenvalue weighted by Crippen LogP contribution is 2.38. The molecule has 0 amide bonds. The monoisotopic (exact) mass is 416 g/mol. The third-order valence-corrected chi connectivity index (χ3v) is 6.17. The SMILES string of the molecule is N#Cc1ccnc(N2CCN(c3ncnc4scc(-c5ccc(F)cc5)c34)CC2)c1. The molecule has 8 heteroatoms. The topological polar surface area (TPSA) is 68.9 Å². The number of pyridine rings is 1. The Labute approximate surface area is 176 Å². The first-order valence-corrected chi connectivity index (χ1v) is 10.4. The number of thiophene rings is 1. The molecule has 1 aliphatic rings. The number of benzene rings is 1. The minimum absolute atomic E-state index is 0.250. The van der Waals surface area contributed by atoms with Gasteiger partial charge in [0.2, 0.25) is 0 Å². The first-order valence-electron chi connectivity index (χ1n) is 9.57. The third-order valence-electron chi connectivity index (χ3n) is 5.28. The largest absolute Gasteiger partial charge is 0.353 e. The maximum atomic E-state index is 13.4. The van der Waals surface area contributed by atoms with E-state index in [1.807, 2.05) is 6.07 Å². The van der Waals surface area contributed by atoms with Gasteiger partial charge in [0.25, 0.3) is 0 Å². The molecule has 0 saturated carbocycles. The number of nitrogens with zero attached hydrogens (tertiary/aromatic N) is 6. The average Bonchev–Trinajstić information content (AvgIpc) is 3.24. The van der Waals surface area contributed by atoms with E-state index in [0.29, 0.717) is 5.56 Å². The van der Waals surface area contributed by atoms with Crippen molar-refractivity contribution in [1.29, 1.82) is 5.26 Å². The van der Waals surface area contributed by atoms with Gasteiger partial charge in [-0.05, 0) is 29.8 Å². The van der Waals surface area contributed by atoms with Crippen molar-refractivity contribution in [1.82, 2.24) is 15.0 Å². The number of hydrogen-bond acceptors (Lipinski definition) is 7. The summed E-state index contributed by atoms with van der Waals surface area (Å²) < 4.78 is 13.4. The number of nitriles is 1. The Morgan fingerprint density at radius 2 is 1.73 bits per heavy atom. The van der Waals surface area contributed by atoms with Gasteiger partial charge in [0.15, 0.2) is 0 Å². The lowest BCUT2D eigenvalue weighted by Gasteiger charge is -2.36. The standard InChI is InChI=1S/C22H17FN6S/c23-17-3-1-16(2-4-17)18-13-30-22-20(18)21(26-14-27-22)29-9-7-28(8-10-29)19-11-15(12-24)5-6-25-19/h1-6,11,13-14H,7-10H2. The van der Waals surface area contributed by atoms with Crippen LogP contribution in [0.2, 0.25) is 0 Å². The van der Waals surface area contributed by atoms with Crippen molar-refractivity contribution in [3.05, 3.63) is 65.7 Å². The van der Waals surface area contributed by atoms with E-state index in [1.54, 1.807) is 42.1 Å². The zero-order valence-electron chi connectivity index (χ0n) is 16.0. The van der Waals surface area contributed by atoms with E-state index < -0.39 is 0 Å². The van der Waals surface area contributed by atoms with Crippen molar-refractivity contribution in [3.8, 4) is 17.2 Å². The van der Waals surface area contributed by atoms with Gasteiger partial charge in [-0.1, -0.05) is 12.1 Å². The van der Waals surface area contributed by atoms with E-state index in [1.165, 1.54) is 12.1 Å². The minimum atomic E-state index is -0.250. The maximum Gasteiger partial charge on any atom is 0.141 e. The summed E-state index contributed by atoms with van der Waals surface area (Å²) in [5.41, 5.74) is 2.59. The molecule has 1 saturated heterocycles. The van der Waals surface area contributed by atoms with Crippen LogP contribution in [-0.4, -0.2) is 41.1 Å². The molecule has 4 aromatic rings. The molecule has 0 unspecified atom stereocenters. The molecule has 0 N–H and O–H groups in total. The zero-order chi connectivity index (χ0) is 20.5. The molecule has 30 heavy (non-hydrogen) atoms. The second-order valence-electron chi connectivity index (χ2n) is 7.02. The third kappa shape index (κ3) is 3.33. The van der Waals surface area contributed by atoms with Crippen molar-refractivity contribution in [2.45, 2.75) is 0 Å². The van der Waals surface area contributed by atoms with Gasteiger partial charge in [-0.15, -0.1) is 11.3 Å². The molecular formula is C22H17FN6S. The van der Waals surface area contributed by atoms with Crippen LogP contribution in [0.25, 0.3) is 21.3 Å². The Morgan fingerprint density at radius 1 is 0.967 bits per heavy atom. The van der Waals surface area contributed by atoms with Gasteiger partial charge in [-0.25, -0.2) is 19.3 Å². The van der Waals surface area contributed by atoms with Gasteiger partial charge in [-0.2, -0.15) is 5.26 Å². The molecule has 6 nitrogen and oxygen atoms in total. The minimum Gasteiger partial charge on any atom is -0.353 e. The normalized spacial score (nSPS) is 14.1. The first kappa shape index (κ1) is 18.5. The fourth-order valence-electron chi connectivity index (χ4n) is 3.75. The summed E-state index contributed by atoms with van der Waals surface area (Å²) in [5, 5.41) is 12.2. The molecule has 148 valence electrons. The van der Waals surface area contributed by atoms with Gasteiger partial charge in [0.1, 0.15) is 28.6 Å². The highest BCUT2D eigenvalue weighted by atomic mass is 32.1. The Kier molecular flexibility index (Phi) is 4.73. The number of fused-ring (bicyclic) bond motifs is 1. The molecule has 4 heterocycles. The van der Waals surface area contributed by atoms with Crippen LogP contribution in [0, 0.1) is 17.1 Å². The summed E-state index contributed by atoms with van der Waals surface area (Å²) in [6.07, 6.45) is 3.28. The Morgan fingerprint density at radius 3 is 2.50 bits per heavy atom. The number of anilines is 2. The van der Waals surface area contributed by atoms with Gasteiger partial charge < -0.3 is 9.80 Å². The molecule has 1 fully saturated rings. The fraction of sp³-hybridized carbons (Fsp3) is 0.182. The van der Waals surface area contributed by atoms with Crippen LogP contribution >= 0.6 is 11.3 Å². The van der Waals surface area contributed by atoms with Gasteiger partial charge in [0.05, 0.1) is 17.0 Å². The predicted octanol–water partition coefficient (Wildman–Crippen LogP) is 4.09. The summed E-state index contributed by atoms with van der Waals surface area (Å²) in [4.78, 5) is 18.8. The van der Waals surface area contributed by atoms with Gasteiger partial charge >= 0.3 is 0 Å². The average molecular weight is 416 g/mol. The molecule has 0 bridgehead atoms. The number of halogens is 1. The van der Waals surface area contributed by atoms with E-state index in [9.17, 15) is 4.39 Å². The van der Waals surface area contributed by atoms with Crippen LogP contribution in [0.4, 0.5) is 16.0 Å². The quantitative estimate of drug-likeness (QED) is 0.501. The van der Waals surface area contributed by atoms with Crippen LogP contribution in [0.5, 0.6) is 0 Å². The summed E-state index contributed by atoms with van der Waals surface area (Å²) in [5.74, 6) is 1.47. The smallest absolute Gasteiger partial charge is 0.141 e. The summed E-state index contributed by atoms with van der Waals surface area (Å²) in [7, 11) is 0. The molecule has 0 aliphatic carbocycles. The Bertz CT molecular complexity index is 1240. The molecule has 0 atom stereocenters. The van der Waals surface area contributed by atoms with E-state index >= 15 is 0 Å². The summed E-state index contributed by atoms with van der Waals surface area (Å²) in [6, 6.07) is 12.2. The molecule has 3 aromatic heterocycles. The summed E-state index contributed by atoms with van der Waals surface area (Å²) in [6.45, 7) is 3.12. The number of piperazine rings is 1. The highest BCUT2D eigenvalue weighted by Gasteiger charge is 2.23. The lowest BCUT2D eigenvalue weighted by atomic mass is 10.1. The van der Waals surface area contributed by atoms with Crippen LogP contribution in [0.3, 0.4) is 0 Å². The van der Waals surface area contributed by atoms with Crippen LogP contribution in [0.1, 0.15) is 5.56 Å². The van der Waals surface area contributed by atoms with Crippen LogP contribution in [0.15, 0.2) is 54.3 Å². The van der Waals surface area contributed by atoms with Crippen LogP contribution in [-0.2, 0) is 0 Å². The lowest BCUT2D eigenvalue weighted by Crippen LogP contribution is -2.47. The van der Waals surface area contributed by atoms with Gasteiger partial charge in [0, 0.05) is 43.3 Å². The van der Waals surface area contributed by atoms with E-state index in [0.717, 1.165) is 59.2 Å². The molecule has 0 radical (unpaired) electrons. The molecule has 0 spiro atoms. The van der Waals surface area contributed by atoms with Crippen molar-refractivity contribution < 1.29 is 4.39 Å². The Balaban J connectivity index is 1.44. The highest BCUT2D eigenvalue weighted by molar-refractivity contribution is 7.17. The second kappa shape index (κ2) is 7.69. The number of hydrogen-bond donors (Lipinski definition) is 0. The molecule has 1 aromatic carbocycles. The molecule has 1 aliphatic heterocycles. The zero-order valence-corrected chi connectivity index (χ0v) is 16.8. The van der Waals surface area contributed by atoms with E-state index in [4.69, 9.17) is 5.26 Å². The Hall–Kier alpha value is -3.57. The predicted molar refractivity (Wildman–Crippen MR) is 116 cm³/mol. The lowest BCUT2D eigenvalue weighted by molar-refractivity contribution is 0.628. The van der Waals surface area contributed by atoms with Gasteiger partial charge in [-0.3, -0.25) is 0 Å². The number of rotatable bonds is 3. The number of aromatic nitrogens is 3. The van der Waals surface area contributed by atoms with E-state index in [-0.39, 0.29) is 5.82 Å². The maximum absolute atomic E-state index is 13.4. The molecule has 5 rings (SSSR count). The van der Waals surface area contributed by atoms with Crippen molar-refractivity contribution in [3.63, 3.8) is 0 Å². The van der Waals surface area contributed by atoms with Crippen molar-refractivity contribution >= 4 is 33.2 Å². The second-order valence-corrected chi connectivity index (χ2v) is 7.88. The van der Waals surface area contributed by atoms with Crippen molar-refractivity contribution in [2.24, 2.45) is 0 Å².